The fourth-order valence-corrected chi connectivity index (χ4v) is 5.35. The number of nitrogens with one attached hydrogen (secondary N) is 1. The molecule has 0 bridgehead atoms. The number of rotatable bonds is 8. The van der Waals surface area contributed by atoms with Crippen LogP contribution in [0.5, 0.6) is 0 Å². The number of likely N-dealkylation sites (tertiary alicyclic amines) is 1. The third-order valence-corrected chi connectivity index (χ3v) is 7.60. The average Bonchev–Trinajstić information content (AvgIpc) is 2.87. The lowest BCUT2D eigenvalue weighted by atomic mass is 9.93. The van der Waals surface area contributed by atoms with Crippen molar-refractivity contribution in [1.82, 2.24) is 20.2 Å². The lowest BCUT2D eigenvalue weighted by Gasteiger charge is -2.34. The fraction of sp³-hybridized carbons (Fsp3) is 0.643. The first-order chi connectivity index (χ1) is 16.0. The number of pyridine rings is 2. The van der Waals surface area contributed by atoms with Gasteiger partial charge in [-0.1, -0.05) is 32.9 Å². The number of nitrogens with zero attached hydrogens (tertiary/aromatic N) is 4. The number of likely N-dealkylation sites (N-methyl/N-ethyl adjacent to an activating group) is 1. The summed E-state index contributed by atoms with van der Waals surface area (Å²) in [7, 11) is 2.07. The van der Waals surface area contributed by atoms with Gasteiger partial charge in [-0.15, -0.1) is 0 Å². The summed E-state index contributed by atoms with van der Waals surface area (Å²) in [6, 6.07) is 13.8. The van der Waals surface area contributed by atoms with E-state index in [1.54, 1.807) is 0 Å². The van der Waals surface area contributed by atoms with E-state index in [-0.39, 0.29) is 0 Å². The lowest BCUT2D eigenvalue weighted by Crippen LogP contribution is -2.44. The van der Waals surface area contributed by atoms with Gasteiger partial charge in [-0.3, -0.25) is 4.98 Å². The largest absolute Gasteiger partial charge is 0.355 e. The molecule has 180 valence electrons. The molecule has 3 atom stereocenters. The third-order valence-electron chi connectivity index (χ3n) is 7.60. The van der Waals surface area contributed by atoms with Gasteiger partial charge >= 0.3 is 0 Å². The van der Waals surface area contributed by atoms with Crippen LogP contribution < -0.4 is 10.2 Å². The Hall–Kier alpha value is -1.98. The smallest absolute Gasteiger partial charge is 0.128 e. The predicted molar refractivity (Wildman–Crippen MR) is 138 cm³/mol. The van der Waals surface area contributed by atoms with E-state index in [9.17, 15) is 0 Å². The van der Waals surface area contributed by atoms with E-state index in [1.807, 2.05) is 0 Å². The van der Waals surface area contributed by atoms with Crippen molar-refractivity contribution in [3.8, 4) is 0 Å². The molecule has 2 unspecified atom stereocenters. The number of hydrogen-bond acceptors (Lipinski definition) is 5. The molecular weight excluding hydrogens is 406 g/mol. The van der Waals surface area contributed by atoms with E-state index < -0.39 is 0 Å². The normalized spacial score (nSPS) is 23.1. The minimum Gasteiger partial charge on any atom is -0.355 e. The van der Waals surface area contributed by atoms with Gasteiger partial charge in [0.15, 0.2) is 0 Å². The summed E-state index contributed by atoms with van der Waals surface area (Å²) in [6.45, 7) is 12.5. The van der Waals surface area contributed by atoms with Gasteiger partial charge in [0.1, 0.15) is 5.82 Å². The molecule has 5 heteroatoms. The Kier molecular flexibility index (Phi) is 8.37. The second-order valence-corrected chi connectivity index (χ2v) is 10.5. The molecule has 0 aliphatic carbocycles. The van der Waals surface area contributed by atoms with Crippen LogP contribution in [0, 0.1) is 0 Å². The van der Waals surface area contributed by atoms with E-state index in [0.29, 0.717) is 23.8 Å². The summed E-state index contributed by atoms with van der Waals surface area (Å²) in [6.07, 6.45) is 6.17. The van der Waals surface area contributed by atoms with E-state index in [1.165, 1.54) is 49.3 Å². The summed E-state index contributed by atoms with van der Waals surface area (Å²) >= 11 is 0. The Morgan fingerprint density at radius 3 is 2.55 bits per heavy atom. The van der Waals surface area contributed by atoms with Crippen LogP contribution in [0.25, 0.3) is 0 Å². The highest BCUT2D eigenvalue weighted by Crippen LogP contribution is 2.28. The Morgan fingerprint density at radius 1 is 0.939 bits per heavy atom. The van der Waals surface area contributed by atoms with Gasteiger partial charge in [-0.05, 0) is 88.3 Å². The van der Waals surface area contributed by atoms with Gasteiger partial charge in [0.05, 0.1) is 0 Å². The summed E-state index contributed by atoms with van der Waals surface area (Å²) < 4.78 is 0. The van der Waals surface area contributed by atoms with Crippen LogP contribution in [0.3, 0.4) is 0 Å². The van der Waals surface area contributed by atoms with Gasteiger partial charge in [0.2, 0.25) is 0 Å². The second kappa shape index (κ2) is 11.4. The van der Waals surface area contributed by atoms with E-state index >= 15 is 0 Å². The van der Waals surface area contributed by atoms with E-state index in [0.717, 1.165) is 38.4 Å². The van der Waals surface area contributed by atoms with Crippen molar-refractivity contribution in [2.75, 3.05) is 44.7 Å². The number of aromatic nitrogens is 2. The summed E-state index contributed by atoms with van der Waals surface area (Å²) in [5, 5.41) is 3.44. The zero-order chi connectivity index (χ0) is 23.2. The zero-order valence-electron chi connectivity index (χ0n) is 21.1. The summed E-state index contributed by atoms with van der Waals surface area (Å²) in [5.74, 6) is 2.67. The van der Waals surface area contributed by atoms with Crippen molar-refractivity contribution < 1.29 is 0 Å². The van der Waals surface area contributed by atoms with E-state index in [2.05, 4.69) is 79.3 Å². The monoisotopic (exact) mass is 449 g/mol. The number of piperidine rings is 2. The number of anilines is 1. The average molecular weight is 450 g/mol. The van der Waals surface area contributed by atoms with Crippen LogP contribution in [-0.4, -0.2) is 60.7 Å². The first-order valence-corrected chi connectivity index (χ1v) is 13.1. The highest BCUT2D eigenvalue weighted by molar-refractivity contribution is 5.40. The molecule has 0 radical (unpaired) electrons. The molecule has 2 aliphatic heterocycles. The number of hydrogen-bond donors (Lipinski definition) is 1. The molecule has 2 fully saturated rings. The van der Waals surface area contributed by atoms with Crippen LogP contribution in [0.1, 0.15) is 87.7 Å². The molecule has 0 saturated carbocycles. The molecule has 0 spiro atoms. The Bertz CT molecular complexity index is 882. The Balaban J connectivity index is 1.33. The van der Waals surface area contributed by atoms with Crippen molar-refractivity contribution in [3.63, 3.8) is 0 Å². The topological polar surface area (TPSA) is 44.3 Å². The van der Waals surface area contributed by atoms with Gasteiger partial charge in [0.25, 0.3) is 0 Å². The van der Waals surface area contributed by atoms with Gasteiger partial charge in [0, 0.05) is 48.7 Å². The molecule has 4 rings (SSSR count). The van der Waals surface area contributed by atoms with Crippen LogP contribution in [0.15, 0.2) is 36.4 Å². The molecule has 2 aliphatic rings. The van der Waals surface area contributed by atoms with Crippen LogP contribution >= 0.6 is 0 Å². The predicted octanol–water partition coefficient (Wildman–Crippen LogP) is 5.16. The molecular formula is C28H43N5. The van der Waals surface area contributed by atoms with Crippen molar-refractivity contribution in [2.45, 2.75) is 76.7 Å². The Morgan fingerprint density at radius 2 is 1.73 bits per heavy atom. The molecule has 5 nitrogen and oxygen atoms in total. The minimum atomic E-state index is 0.470. The standard InChI is InChI=1S/C28H43N5/c1-21(2)25-11-5-13-27(30-25)23-9-7-16-32(19-23)18-15-22(3)26-12-6-14-28(31-26)33-17-8-10-24(20-33)29-4/h5-6,11-14,21-24,29H,7-10,15-20H2,1-4H3/t22?,23?,24-/m0/s1. The molecule has 33 heavy (non-hydrogen) atoms. The lowest BCUT2D eigenvalue weighted by molar-refractivity contribution is 0.200. The highest BCUT2D eigenvalue weighted by atomic mass is 15.2. The summed E-state index contributed by atoms with van der Waals surface area (Å²) in [4.78, 5) is 15.2. The molecule has 2 saturated heterocycles. The molecule has 1 N–H and O–H groups in total. The first-order valence-electron chi connectivity index (χ1n) is 13.1. The zero-order valence-corrected chi connectivity index (χ0v) is 21.1. The fourth-order valence-electron chi connectivity index (χ4n) is 5.35. The van der Waals surface area contributed by atoms with Crippen molar-refractivity contribution >= 4 is 5.82 Å². The highest BCUT2D eigenvalue weighted by Gasteiger charge is 2.24. The van der Waals surface area contributed by atoms with E-state index in [4.69, 9.17) is 9.97 Å². The third kappa shape index (κ3) is 6.33. The van der Waals surface area contributed by atoms with Gasteiger partial charge in [-0.2, -0.15) is 0 Å². The second-order valence-electron chi connectivity index (χ2n) is 10.5. The van der Waals surface area contributed by atoms with Crippen LogP contribution in [0.4, 0.5) is 5.82 Å². The SMILES string of the molecule is CN[C@H]1CCCN(c2cccc(C(C)CCN3CCCC(c4cccc(C(C)C)n4)C3)n2)C1. The van der Waals surface area contributed by atoms with Crippen LogP contribution in [-0.2, 0) is 0 Å². The maximum Gasteiger partial charge on any atom is 0.128 e. The minimum absolute atomic E-state index is 0.470. The summed E-state index contributed by atoms with van der Waals surface area (Å²) in [5.41, 5.74) is 3.74. The molecule has 0 amide bonds. The van der Waals surface area contributed by atoms with Crippen molar-refractivity contribution in [2.24, 2.45) is 0 Å². The van der Waals surface area contributed by atoms with Gasteiger partial charge < -0.3 is 15.1 Å². The quantitative estimate of drug-likeness (QED) is 0.603. The molecule has 0 aromatic carbocycles. The van der Waals surface area contributed by atoms with Gasteiger partial charge in [-0.25, -0.2) is 4.98 Å². The Labute approximate surface area is 201 Å². The maximum absolute atomic E-state index is 5.09. The van der Waals surface area contributed by atoms with Crippen LogP contribution in [0.2, 0.25) is 0 Å². The molecule has 4 heterocycles. The van der Waals surface area contributed by atoms with Crippen molar-refractivity contribution in [3.05, 3.63) is 53.5 Å². The van der Waals surface area contributed by atoms with Crippen molar-refractivity contribution in [1.29, 1.82) is 0 Å². The molecule has 2 aromatic rings. The first kappa shape index (κ1) is 24.2. The maximum atomic E-state index is 5.09. The molecule has 2 aromatic heterocycles.